The quantitative estimate of drug-likeness (QED) is 0.254. The molecule has 2 atom stereocenters. The molecule has 1 unspecified atom stereocenters. The van der Waals surface area contributed by atoms with E-state index in [9.17, 15) is 9.59 Å². The SMILES string of the molecule is C#CCCC1(CCN(C(=O)C[C@@H]2CC=CCC2)C(C(=O)NCCOCC)c2cnns2)N=N1. The number of aromatic nitrogens is 2. The zero-order valence-corrected chi connectivity index (χ0v) is 19.9. The number of rotatable bonds is 14. The summed E-state index contributed by atoms with van der Waals surface area (Å²) in [5.41, 5.74) is -0.541. The van der Waals surface area contributed by atoms with Crippen molar-refractivity contribution < 1.29 is 14.3 Å². The van der Waals surface area contributed by atoms with Crippen molar-refractivity contribution in [2.24, 2.45) is 16.1 Å². The van der Waals surface area contributed by atoms with Crippen LogP contribution in [0, 0.1) is 18.3 Å². The Bertz CT molecular complexity index is 873. The Morgan fingerprint density at radius 3 is 2.88 bits per heavy atom. The second-order valence-corrected chi connectivity index (χ2v) is 9.11. The number of allylic oxidation sites excluding steroid dienone is 2. The van der Waals surface area contributed by atoms with Crippen LogP contribution in [0.5, 0.6) is 0 Å². The number of carbonyl (C=O) groups is 2. The number of hydrogen-bond acceptors (Lipinski definition) is 8. The van der Waals surface area contributed by atoms with E-state index in [0.717, 1.165) is 30.8 Å². The van der Waals surface area contributed by atoms with Crippen LogP contribution in [-0.2, 0) is 14.3 Å². The fourth-order valence-corrected chi connectivity index (χ4v) is 4.60. The van der Waals surface area contributed by atoms with E-state index in [1.54, 1.807) is 11.1 Å². The molecule has 1 aliphatic carbocycles. The number of terminal acetylenes is 1. The second kappa shape index (κ2) is 12.6. The van der Waals surface area contributed by atoms with E-state index in [4.69, 9.17) is 11.2 Å². The maximum Gasteiger partial charge on any atom is 0.248 e. The van der Waals surface area contributed by atoms with Crippen LogP contribution < -0.4 is 5.32 Å². The third kappa shape index (κ3) is 7.44. The van der Waals surface area contributed by atoms with Gasteiger partial charge in [0.15, 0.2) is 5.66 Å². The van der Waals surface area contributed by atoms with Crippen LogP contribution >= 0.6 is 11.5 Å². The van der Waals surface area contributed by atoms with Crippen LogP contribution in [0.25, 0.3) is 0 Å². The third-order valence-corrected chi connectivity index (χ3v) is 6.64. The van der Waals surface area contributed by atoms with Gasteiger partial charge in [-0.25, -0.2) is 0 Å². The average Bonchev–Trinajstić information content (AvgIpc) is 3.39. The molecule has 2 amide bonds. The fraction of sp³-hybridized carbons (Fsp3) is 0.652. The topological polar surface area (TPSA) is 109 Å². The smallest absolute Gasteiger partial charge is 0.248 e. The van der Waals surface area contributed by atoms with Gasteiger partial charge in [-0.3, -0.25) is 9.59 Å². The highest BCUT2D eigenvalue weighted by Gasteiger charge is 2.42. The molecule has 3 rings (SSSR count). The molecule has 0 saturated carbocycles. The van der Waals surface area contributed by atoms with Crippen molar-refractivity contribution in [1.82, 2.24) is 19.8 Å². The Kier molecular flexibility index (Phi) is 9.51. The zero-order chi connectivity index (χ0) is 23.5. The molecule has 1 aromatic rings. The lowest BCUT2D eigenvalue weighted by molar-refractivity contribution is -0.141. The van der Waals surface area contributed by atoms with Crippen LogP contribution in [0.4, 0.5) is 0 Å². The average molecular weight is 473 g/mol. The molecule has 33 heavy (non-hydrogen) atoms. The zero-order valence-electron chi connectivity index (χ0n) is 19.1. The van der Waals surface area contributed by atoms with E-state index in [-0.39, 0.29) is 17.7 Å². The van der Waals surface area contributed by atoms with Crippen LogP contribution in [0.15, 0.2) is 28.6 Å². The predicted octanol–water partition coefficient (Wildman–Crippen LogP) is 3.27. The molecule has 0 fully saturated rings. The number of hydrogen-bond donors (Lipinski definition) is 1. The van der Waals surface area contributed by atoms with Gasteiger partial charge in [0.05, 0.1) is 17.7 Å². The summed E-state index contributed by atoms with van der Waals surface area (Å²) >= 11 is 1.13. The van der Waals surface area contributed by atoms with Crippen LogP contribution in [0.1, 0.15) is 62.8 Å². The van der Waals surface area contributed by atoms with E-state index < -0.39 is 11.7 Å². The Morgan fingerprint density at radius 2 is 2.24 bits per heavy atom. The number of nitrogens with one attached hydrogen (secondary N) is 1. The molecule has 2 heterocycles. The van der Waals surface area contributed by atoms with Crippen molar-refractivity contribution in [1.29, 1.82) is 0 Å². The largest absolute Gasteiger partial charge is 0.380 e. The first kappa shape index (κ1) is 25.0. The molecule has 9 nitrogen and oxygen atoms in total. The van der Waals surface area contributed by atoms with Gasteiger partial charge in [0.1, 0.15) is 6.04 Å². The monoisotopic (exact) mass is 472 g/mol. The highest BCUT2D eigenvalue weighted by atomic mass is 32.1. The Hall–Kier alpha value is -2.64. The summed E-state index contributed by atoms with van der Waals surface area (Å²) < 4.78 is 9.27. The maximum absolute atomic E-state index is 13.5. The van der Waals surface area contributed by atoms with E-state index in [1.807, 2.05) is 6.92 Å². The highest BCUT2D eigenvalue weighted by Crippen LogP contribution is 2.38. The minimum absolute atomic E-state index is 0.0543. The lowest BCUT2D eigenvalue weighted by atomic mass is 9.90. The van der Waals surface area contributed by atoms with E-state index >= 15 is 0 Å². The van der Waals surface area contributed by atoms with Crippen molar-refractivity contribution in [3.05, 3.63) is 23.2 Å². The molecule has 178 valence electrons. The molecule has 0 bridgehead atoms. The summed E-state index contributed by atoms with van der Waals surface area (Å²) in [5, 5.41) is 15.2. The number of nitrogens with zero attached hydrogens (tertiary/aromatic N) is 5. The van der Waals surface area contributed by atoms with Crippen molar-refractivity contribution in [2.75, 3.05) is 26.3 Å². The number of carbonyl (C=O) groups excluding carboxylic acids is 2. The highest BCUT2D eigenvalue weighted by molar-refractivity contribution is 7.05. The van der Waals surface area contributed by atoms with E-state index in [2.05, 4.69) is 43.2 Å². The summed E-state index contributed by atoms with van der Waals surface area (Å²) in [6.07, 6.45) is 16.2. The maximum atomic E-state index is 13.5. The molecule has 2 aliphatic rings. The molecular weight excluding hydrogens is 440 g/mol. The summed E-state index contributed by atoms with van der Waals surface area (Å²) in [6.45, 7) is 3.59. The molecular formula is C23H32N6O3S. The Labute approximate surface area is 199 Å². The summed E-state index contributed by atoms with van der Waals surface area (Å²) in [6, 6.07) is -0.804. The summed E-state index contributed by atoms with van der Waals surface area (Å²) in [4.78, 5) is 29.1. The van der Waals surface area contributed by atoms with Crippen molar-refractivity contribution >= 4 is 23.3 Å². The Morgan fingerprint density at radius 1 is 1.39 bits per heavy atom. The first-order valence-electron chi connectivity index (χ1n) is 11.5. The van der Waals surface area contributed by atoms with Gasteiger partial charge >= 0.3 is 0 Å². The van der Waals surface area contributed by atoms with Gasteiger partial charge in [-0.1, -0.05) is 16.6 Å². The molecule has 1 aliphatic heterocycles. The summed E-state index contributed by atoms with van der Waals surface area (Å²) in [5.74, 6) is 2.58. The van der Waals surface area contributed by atoms with Gasteiger partial charge in [-0.15, -0.1) is 17.4 Å². The first-order chi connectivity index (χ1) is 16.1. The van der Waals surface area contributed by atoms with Crippen LogP contribution in [0.3, 0.4) is 0 Å². The first-order valence-corrected chi connectivity index (χ1v) is 12.3. The van der Waals surface area contributed by atoms with Crippen LogP contribution in [0.2, 0.25) is 0 Å². The van der Waals surface area contributed by atoms with Crippen molar-refractivity contribution in [2.45, 2.75) is 63.6 Å². The van der Waals surface area contributed by atoms with Crippen molar-refractivity contribution in [3.8, 4) is 12.3 Å². The van der Waals surface area contributed by atoms with Gasteiger partial charge in [0.2, 0.25) is 11.8 Å². The second-order valence-electron chi connectivity index (χ2n) is 8.29. The van der Waals surface area contributed by atoms with Crippen LogP contribution in [-0.4, -0.2) is 58.3 Å². The standard InChI is InChI=1S/C23H32N6O3S/c1-3-5-11-23(26-27-23)12-14-29(20(30)16-18-9-7-6-8-10-18)21(19-17-25-28-33-19)22(31)24-13-15-32-4-2/h1,6-7,17-18,21H,4-5,8-16H2,2H3,(H,24,31)/t18-,21?/m1/s1. The molecule has 0 aromatic carbocycles. The minimum Gasteiger partial charge on any atom is -0.380 e. The molecule has 0 radical (unpaired) electrons. The molecule has 10 heteroatoms. The number of amides is 2. The van der Waals surface area contributed by atoms with E-state index in [1.165, 1.54) is 0 Å². The fourth-order valence-electron chi connectivity index (χ4n) is 3.98. The van der Waals surface area contributed by atoms with E-state index in [0.29, 0.717) is 56.9 Å². The lowest BCUT2D eigenvalue weighted by Crippen LogP contribution is -2.45. The van der Waals surface area contributed by atoms with Gasteiger partial charge in [0.25, 0.3) is 0 Å². The lowest BCUT2D eigenvalue weighted by Gasteiger charge is -2.32. The van der Waals surface area contributed by atoms with Gasteiger partial charge < -0.3 is 15.0 Å². The Balaban J connectivity index is 1.76. The molecule has 1 aromatic heterocycles. The molecule has 1 N–H and O–H groups in total. The van der Waals surface area contributed by atoms with Gasteiger partial charge in [0, 0.05) is 45.4 Å². The van der Waals surface area contributed by atoms with Gasteiger partial charge in [-0.2, -0.15) is 10.2 Å². The van der Waals surface area contributed by atoms with Gasteiger partial charge in [-0.05, 0) is 43.6 Å². The third-order valence-electron chi connectivity index (χ3n) is 5.92. The predicted molar refractivity (Wildman–Crippen MR) is 125 cm³/mol. The van der Waals surface area contributed by atoms with Crippen molar-refractivity contribution in [3.63, 3.8) is 0 Å². The molecule has 0 spiro atoms. The normalized spacial score (nSPS) is 19.0. The summed E-state index contributed by atoms with van der Waals surface area (Å²) in [7, 11) is 0. The molecule has 0 saturated heterocycles. The minimum atomic E-state index is -0.804. The number of ether oxygens (including phenoxy) is 1.